The molecule has 2 aromatic carbocycles. The fourth-order valence-electron chi connectivity index (χ4n) is 4.22. The van der Waals surface area contributed by atoms with Crippen molar-refractivity contribution < 1.29 is 28.6 Å². The van der Waals surface area contributed by atoms with Crippen LogP contribution in [-0.2, 0) is 25.7 Å². The number of esters is 1. The van der Waals surface area contributed by atoms with Crippen molar-refractivity contribution in [3.63, 3.8) is 0 Å². The van der Waals surface area contributed by atoms with E-state index in [4.69, 9.17) is 14.2 Å². The topological polar surface area (TPSA) is 85.4 Å². The van der Waals surface area contributed by atoms with Crippen molar-refractivity contribution >= 4 is 23.5 Å². The van der Waals surface area contributed by atoms with Crippen LogP contribution in [0.1, 0.15) is 32.8 Å². The first-order valence-corrected chi connectivity index (χ1v) is 11.4. The zero-order valence-corrected chi connectivity index (χ0v) is 20.3. The van der Waals surface area contributed by atoms with Crippen molar-refractivity contribution in [3.05, 3.63) is 54.1 Å². The van der Waals surface area contributed by atoms with Gasteiger partial charge in [-0.1, -0.05) is 26.0 Å². The molecule has 34 heavy (non-hydrogen) atoms. The summed E-state index contributed by atoms with van der Waals surface area (Å²) in [6.45, 7) is 5.97. The molecule has 1 fully saturated rings. The lowest BCUT2D eigenvalue weighted by Crippen LogP contribution is -2.66. The molecule has 0 bridgehead atoms. The number of piperazine rings is 1. The molecule has 1 aliphatic heterocycles. The van der Waals surface area contributed by atoms with Gasteiger partial charge in [0.2, 0.25) is 5.91 Å². The van der Waals surface area contributed by atoms with Gasteiger partial charge in [-0.2, -0.15) is 0 Å². The smallest absolute Gasteiger partial charge is 0.308 e. The van der Waals surface area contributed by atoms with E-state index < -0.39 is 18.1 Å². The summed E-state index contributed by atoms with van der Waals surface area (Å²) in [5.74, 6) is 0.137. The predicted molar refractivity (Wildman–Crippen MR) is 128 cm³/mol. The summed E-state index contributed by atoms with van der Waals surface area (Å²) < 4.78 is 15.6. The first-order chi connectivity index (χ1) is 16.3. The number of hydrogen-bond donors (Lipinski definition) is 0. The van der Waals surface area contributed by atoms with Crippen molar-refractivity contribution in [2.24, 2.45) is 5.92 Å². The summed E-state index contributed by atoms with van der Waals surface area (Å²) in [6.07, 6.45) is -0.228. The highest BCUT2D eigenvalue weighted by Gasteiger charge is 2.48. The molecule has 8 nitrogen and oxygen atoms in total. The third-order valence-electron chi connectivity index (χ3n) is 5.87. The molecule has 0 radical (unpaired) electrons. The first-order valence-electron chi connectivity index (χ1n) is 11.4. The van der Waals surface area contributed by atoms with Crippen molar-refractivity contribution in [1.29, 1.82) is 0 Å². The molecule has 0 saturated carbocycles. The maximum atomic E-state index is 13.8. The first kappa shape index (κ1) is 25.1. The van der Waals surface area contributed by atoms with Crippen LogP contribution in [0.15, 0.2) is 48.5 Å². The molecule has 1 heterocycles. The fourth-order valence-corrected chi connectivity index (χ4v) is 4.22. The van der Waals surface area contributed by atoms with E-state index in [-0.39, 0.29) is 37.3 Å². The molecule has 2 atom stereocenters. The second-order valence-electron chi connectivity index (χ2n) is 8.43. The van der Waals surface area contributed by atoms with Crippen LogP contribution in [0, 0.1) is 5.92 Å². The molecule has 0 spiro atoms. The molecule has 0 aromatic heterocycles. The Morgan fingerprint density at radius 3 is 1.97 bits per heavy atom. The molecular formula is C26H32N2O6. The van der Waals surface area contributed by atoms with Gasteiger partial charge in [-0.15, -0.1) is 0 Å². The predicted octanol–water partition coefficient (Wildman–Crippen LogP) is 3.43. The van der Waals surface area contributed by atoms with Crippen LogP contribution < -0.4 is 14.4 Å². The van der Waals surface area contributed by atoms with E-state index in [0.29, 0.717) is 17.2 Å². The standard InChI is InChI=1S/C26H32N2O6/c1-6-34-23(29)15-22-25(30)27(16-18-7-11-20(32-4)12-8-18)24(17(2)3)26(31)28(22)19-9-13-21(33-5)14-10-19/h7-14,17,22,24H,6,15-16H2,1-5H3/t22-,24+/m0/s1. The number of nitrogens with zero attached hydrogens (tertiary/aromatic N) is 2. The van der Waals surface area contributed by atoms with Crippen molar-refractivity contribution in [3.8, 4) is 11.5 Å². The Labute approximate surface area is 200 Å². The highest BCUT2D eigenvalue weighted by atomic mass is 16.5. The number of carbonyl (C=O) groups is 3. The number of methoxy groups -OCH3 is 2. The molecule has 182 valence electrons. The minimum Gasteiger partial charge on any atom is -0.497 e. The molecule has 3 rings (SSSR count). The van der Waals surface area contributed by atoms with E-state index in [9.17, 15) is 14.4 Å². The molecule has 2 aromatic rings. The lowest BCUT2D eigenvalue weighted by atomic mass is 9.93. The Balaban J connectivity index is 2.01. The number of ether oxygens (including phenoxy) is 3. The van der Waals surface area contributed by atoms with Crippen molar-refractivity contribution in [2.45, 2.75) is 45.8 Å². The Morgan fingerprint density at radius 2 is 1.47 bits per heavy atom. The number of hydrogen-bond acceptors (Lipinski definition) is 6. The second kappa shape index (κ2) is 11.0. The van der Waals surface area contributed by atoms with E-state index in [1.54, 1.807) is 50.3 Å². The summed E-state index contributed by atoms with van der Waals surface area (Å²) in [5.41, 5.74) is 1.39. The minimum atomic E-state index is -1.01. The van der Waals surface area contributed by atoms with Gasteiger partial charge < -0.3 is 19.1 Å². The summed E-state index contributed by atoms with van der Waals surface area (Å²) in [7, 11) is 3.14. The zero-order chi connectivity index (χ0) is 24.8. The molecule has 1 saturated heterocycles. The maximum Gasteiger partial charge on any atom is 0.308 e. The summed E-state index contributed by atoms with van der Waals surface area (Å²) in [4.78, 5) is 43.1. The van der Waals surface area contributed by atoms with Gasteiger partial charge in [0.05, 0.1) is 27.2 Å². The number of anilines is 1. The highest BCUT2D eigenvalue weighted by Crippen LogP contribution is 2.32. The largest absolute Gasteiger partial charge is 0.497 e. The average molecular weight is 469 g/mol. The number of rotatable bonds is 9. The van der Waals surface area contributed by atoms with Crippen LogP contribution in [0.25, 0.3) is 0 Å². The van der Waals surface area contributed by atoms with Gasteiger partial charge in [0, 0.05) is 12.2 Å². The van der Waals surface area contributed by atoms with Crippen molar-refractivity contribution in [2.75, 3.05) is 25.7 Å². The quantitative estimate of drug-likeness (QED) is 0.524. The fraction of sp³-hybridized carbons (Fsp3) is 0.423. The summed E-state index contributed by atoms with van der Waals surface area (Å²) >= 11 is 0. The molecule has 0 N–H and O–H groups in total. The van der Waals surface area contributed by atoms with Gasteiger partial charge in [0.15, 0.2) is 0 Å². The van der Waals surface area contributed by atoms with Crippen LogP contribution in [-0.4, -0.2) is 55.6 Å². The van der Waals surface area contributed by atoms with Gasteiger partial charge in [0.1, 0.15) is 23.6 Å². The summed E-state index contributed by atoms with van der Waals surface area (Å²) in [5, 5.41) is 0. The normalized spacial score (nSPS) is 18.3. The van der Waals surface area contributed by atoms with Crippen LogP contribution in [0.4, 0.5) is 5.69 Å². The lowest BCUT2D eigenvalue weighted by Gasteiger charge is -2.46. The van der Waals surface area contributed by atoms with E-state index >= 15 is 0 Å². The van der Waals surface area contributed by atoms with E-state index in [0.717, 1.165) is 5.56 Å². The highest BCUT2D eigenvalue weighted by molar-refractivity contribution is 6.09. The second-order valence-corrected chi connectivity index (χ2v) is 8.43. The van der Waals surface area contributed by atoms with Crippen molar-refractivity contribution in [1.82, 2.24) is 4.90 Å². The third kappa shape index (κ3) is 5.32. The number of benzene rings is 2. The SMILES string of the molecule is CCOC(=O)C[C@H]1C(=O)N(Cc2ccc(OC)cc2)[C@H](C(C)C)C(=O)N1c1ccc(OC)cc1. The Hall–Kier alpha value is -3.55. The van der Waals surface area contributed by atoms with Gasteiger partial charge in [-0.3, -0.25) is 19.3 Å². The van der Waals surface area contributed by atoms with Gasteiger partial charge in [-0.05, 0) is 54.8 Å². The number of carbonyl (C=O) groups excluding carboxylic acids is 3. The monoisotopic (exact) mass is 468 g/mol. The van der Waals surface area contributed by atoms with E-state index in [2.05, 4.69) is 0 Å². The molecule has 0 aliphatic carbocycles. The van der Waals surface area contributed by atoms with Crippen LogP contribution in [0.2, 0.25) is 0 Å². The van der Waals surface area contributed by atoms with E-state index in [1.165, 1.54) is 4.90 Å². The summed E-state index contributed by atoms with van der Waals surface area (Å²) in [6, 6.07) is 12.6. The average Bonchev–Trinajstić information content (AvgIpc) is 2.83. The van der Waals surface area contributed by atoms with Crippen LogP contribution in [0.3, 0.4) is 0 Å². The molecule has 2 amide bonds. The molecule has 1 aliphatic rings. The van der Waals surface area contributed by atoms with Crippen LogP contribution in [0.5, 0.6) is 11.5 Å². The van der Waals surface area contributed by atoms with Crippen LogP contribution >= 0.6 is 0 Å². The van der Waals surface area contributed by atoms with Gasteiger partial charge >= 0.3 is 5.97 Å². The minimum absolute atomic E-state index is 0.140. The molecule has 0 unspecified atom stereocenters. The molecular weight excluding hydrogens is 436 g/mol. The van der Waals surface area contributed by atoms with Gasteiger partial charge in [-0.25, -0.2) is 0 Å². The van der Waals surface area contributed by atoms with E-state index in [1.807, 2.05) is 38.1 Å². The number of amides is 2. The Kier molecular flexibility index (Phi) is 8.15. The molecule has 8 heteroatoms. The third-order valence-corrected chi connectivity index (χ3v) is 5.87. The zero-order valence-electron chi connectivity index (χ0n) is 20.3. The Bertz CT molecular complexity index is 1000. The van der Waals surface area contributed by atoms with Gasteiger partial charge in [0.25, 0.3) is 5.91 Å². The Morgan fingerprint density at radius 1 is 0.912 bits per heavy atom. The lowest BCUT2D eigenvalue weighted by molar-refractivity contribution is -0.153. The maximum absolute atomic E-state index is 13.8.